The Morgan fingerprint density at radius 3 is 2.14 bits per heavy atom. The molecule has 1 atom stereocenters. The first-order valence-corrected chi connectivity index (χ1v) is 8.77. The van der Waals surface area contributed by atoms with Gasteiger partial charge in [0.25, 0.3) is 0 Å². The summed E-state index contributed by atoms with van der Waals surface area (Å²) in [6, 6.07) is 10.7. The molecule has 0 aliphatic carbocycles. The summed E-state index contributed by atoms with van der Waals surface area (Å²) in [7, 11) is 0. The van der Waals surface area contributed by atoms with Crippen molar-refractivity contribution in [3.63, 3.8) is 0 Å². The van der Waals surface area contributed by atoms with Crippen LogP contribution in [0.3, 0.4) is 0 Å². The molecule has 21 heavy (non-hydrogen) atoms. The molecule has 1 rings (SSSR count). The van der Waals surface area contributed by atoms with E-state index in [0.717, 1.165) is 13.0 Å². The molecule has 0 aromatic heterocycles. The first-order valence-electron chi connectivity index (χ1n) is 8.77. The molecule has 2 N–H and O–H groups in total. The molecule has 1 aromatic rings. The summed E-state index contributed by atoms with van der Waals surface area (Å²) in [6.45, 7) is 3.56. The summed E-state index contributed by atoms with van der Waals surface area (Å²) in [6.07, 6.45) is 11.6. The van der Waals surface area contributed by atoms with Gasteiger partial charge >= 0.3 is 0 Å². The van der Waals surface area contributed by atoms with Gasteiger partial charge in [-0.2, -0.15) is 0 Å². The van der Waals surface area contributed by atoms with Crippen molar-refractivity contribution in [1.29, 1.82) is 0 Å². The van der Waals surface area contributed by atoms with Crippen molar-refractivity contribution in [1.82, 2.24) is 5.32 Å². The summed E-state index contributed by atoms with van der Waals surface area (Å²) in [5, 5.41) is 12.8. The molecule has 2 nitrogen and oxygen atoms in total. The fourth-order valence-corrected chi connectivity index (χ4v) is 2.74. The van der Waals surface area contributed by atoms with Crippen LogP contribution in [0.2, 0.25) is 0 Å². The normalized spacial score (nSPS) is 12.5. The number of hydrogen-bond donors (Lipinski definition) is 2. The average Bonchev–Trinajstić information content (AvgIpc) is 2.53. The first-order chi connectivity index (χ1) is 10.4. The molecule has 0 aliphatic rings. The largest absolute Gasteiger partial charge is 0.396 e. The fraction of sp³-hybridized carbons (Fsp3) is 0.684. The number of rotatable bonds is 13. The van der Waals surface area contributed by atoms with Crippen LogP contribution >= 0.6 is 0 Å². The molecule has 1 aromatic carbocycles. The van der Waals surface area contributed by atoms with Gasteiger partial charge in [0.05, 0.1) is 0 Å². The molecule has 0 saturated heterocycles. The van der Waals surface area contributed by atoms with Crippen molar-refractivity contribution in [2.24, 2.45) is 0 Å². The Balaban J connectivity index is 2.09. The quantitative estimate of drug-likeness (QED) is 0.510. The molecule has 0 amide bonds. The van der Waals surface area contributed by atoms with E-state index < -0.39 is 0 Å². The molecule has 0 unspecified atom stereocenters. The molecule has 2 heteroatoms. The standard InChI is InChI=1S/C19H33NO/c1-2-3-4-5-6-7-8-12-16-20-19(15-17-21)18-13-10-9-11-14-18/h9-11,13-14,19-21H,2-8,12,15-17H2,1H3/t19-/m1/s1. The third kappa shape index (κ3) is 8.90. The van der Waals surface area contributed by atoms with Crippen LogP contribution in [0.15, 0.2) is 30.3 Å². The van der Waals surface area contributed by atoms with Gasteiger partial charge in [-0.05, 0) is 24.9 Å². The van der Waals surface area contributed by atoms with Gasteiger partial charge in [-0.3, -0.25) is 0 Å². The van der Waals surface area contributed by atoms with Crippen LogP contribution in [-0.2, 0) is 0 Å². The highest BCUT2D eigenvalue weighted by atomic mass is 16.3. The van der Waals surface area contributed by atoms with Gasteiger partial charge in [-0.15, -0.1) is 0 Å². The molecule has 0 spiro atoms. The minimum absolute atomic E-state index is 0.240. The van der Waals surface area contributed by atoms with E-state index in [4.69, 9.17) is 0 Å². The van der Waals surface area contributed by atoms with Crippen LogP contribution in [0, 0.1) is 0 Å². The Hall–Kier alpha value is -0.860. The van der Waals surface area contributed by atoms with Crippen molar-refractivity contribution in [3.8, 4) is 0 Å². The van der Waals surface area contributed by atoms with E-state index in [-0.39, 0.29) is 6.61 Å². The summed E-state index contributed by atoms with van der Waals surface area (Å²) in [5.41, 5.74) is 1.28. The summed E-state index contributed by atoms with van der Waals surface area (Å²) >= 11 is 0. The summed E-state index contributed by atoms with van der Waals surface area (Å²) in [5.74, 6) is 0. The highest BCUT2D eigenvalue weighted by Gasteiger charge is 2.08. The third-order valence-corrected chi connectivity index (χ3v) is 4.04. The third-order valence-electron chi connectivity index (χ3n) is 4.04. The Morgan fingerprint density at radius 1 is 0.905 bits per heavy atom. The van der Waals surface area contributed by atoms with Crippen molar-refractivity contribution in [2.45, 2.75) is 70.8 Å². The lowest BCUT2D eigenvalue weighted by atomic mass is 10.0. The molecule has 0 bridgehead atoms. The van der Waals surface area contributed by atoms with E-state index in [1.165, 1.54) is 56.9 Å². The predicted octanol–water partition coefficient (Wildman–Crippen LogP) is 4.84. The van der Waals surface area contributed by atoms with E-state index in [1.807, 2.05) is 6.07 Å². The number of aliphatic hydroxyl groups excluding tert-OH is 1. The van der Waals surface area contributed by atoms with Gasteiger partial charge in [0.1, 0.15) is 0 Å². The lowest BCUT2D eigenvalue weighted by molar-refractivity contribution is 0.265. The van der Waals surface area contributed by atoms with Crippen LogP contribution in [-0.4, -0.2) is 18.3 Å². The molecule has 0 radical (unpaired) electrons. The van der Waals surface area contributed by atoms with E-state index in [9.17, 15) is 5.11 Å². The summed E-state index contributed by atoms with van der Waals surface area (Å²) < 4.78 is 0. The zero-order valence-corrected chi connectivity index (χ0v) is 13.7. The Bertz CT molecular complexity index is 326. The van der Waals surface area contributed by atoms with Gasteiger partial charge in [0, 0.05) is 12.6 Å². The molecule has 0 aliphatic heterocycles. The molecule has 0 fully saturated rings. The maximum atomic E-state index is 9.20. The minimum Gasteiger partial charge on any atom is -0.396 e. The SMILES string of the molecule is CCCCCCCCCCN[C@H](CCO)c1ccccc1. The van der Waals surface area contributed by atoms with E-state index in [2.05, 4.69) is 36.5 Å². The second-order valence-corrected chi connectivity index (χ2v) is 5.90. The average molecular weight is 291 g/mol. The first kappa shape index (κ1) is 18.2. The molecule has 120 valence electrons. The summed E-state index contributed by atoms with van der Waals surface area (Å²) in [4.78, 5) is 0. The molecular formula is C19H33NO. The number of benzene rings is 1. The van der Waals surface area contributed by atoms with Crippen LogP contribution in [0.1, 0.15) is 76.3 Å². The Kier molecular flexibility index (Phi) is 11.1. The lowest BCUT2D eigenvalue weighted by Crippen LogP contribution is -2.23. The fourth-order valence-electron chi connectivity index (χ4n) is 2.74. The van der Waals surface area contributed by atoms with Crippen LogP contribution in [0.4, 0.5) is 0 Å². The zero-order chi connectivity index (χ0) is 15.2. The minimum atomic E-state index is 0.240. The zero-order valence-electron chi connectivity index (χ0n) is 13.7. The maximum Gasteiger partial charge on any atom is 0.0449 e. The second kappa shape index (κ2) is 12.8. The second-order valence-electron chi connectivity index (χ2n) is 5.90. The van der Waals surface area contributed by atoms with Gasteiger partial charge in [0.15, 0.2) is 0 Å². The molecular weight excluding hydrogens is 258 g/mol. The van der Waals surface area contributed by atoms with Crippen molar-refractivity contribution in [3.05, 3.63) is 35.9 Å². The number of aliphatic hydroxyl groups is 1. The van der Waals surface area contributed by atoms with Crippen molar-refractivity contribution < 1.29 is 5.11 Å². The van der Waals surface area contributed by atoms with Gasteiger partial charge in [-0.1, -0.05) is 82.2 Å². The lowest BCUT2D eigenvalue weighted by Gasteiger charge is -2.18. The molecule has 0 saturated carbocycles. The van der Waals surface area contributed by atoms with Crippen LogP contribution in [0.25, 0.3) is 0 Å². The molecule has 0 heterocycles. The Morgan fingerprint density at radius 2 is 1.52 bits per heavy atom. The number of hydrogen-bond acceptors (Lipinski definition) is 2. The monoisotopic (exact) mass is 291 g/mol. The van der Waals surface area contributed by atoms with E-state index in [1.54, 1.807) is 0 Å². The smallest absolute Gasteiger partial charge is 0.0449 e. The van der Waals surface area contributed by atoms with Gasteiger partial charge in [0.2, 0.25) is 0 Å². The Labute approximate surface area is 131 Å². The highest BCUT2D eigenvalue weighted by molar-refractivity contribution is 5.18. The maximum absolute atomic E-state index is 9.20. The van der Waals surface area contributed by atoms with E-state index in [0.29, 0.717) is 6.04 Å². The predicted molar refractivity (Wildman–Crippen MR) is 91.5 cm³/mol. The van der Waals surface area contributed by atoms with Crippen LogP contribution < -0.4 is 5.32 Å². The van der Waals surface area contributed by atoms with Gasteiger partial charge in [-0.25, -0.2) is 0 Å². The van der Waals surface area contributed by atoms with Crippen LogP contribution in [0.5, 0.6) is 0 Å². The number of nitrogens with one attached hydrogen (secondary N) is 1. The van der Waals surface area contributed by atoms with E-state index >= 15 is 0 Å². The highest BCUT2D eigenvalue weighted by Crippen LogP contribution is 2.16. The van der Waals surface area contributed by atoms with Crippen molar-refractivity contribution >= 4 is 0 Å². The van der Waals surface area contributed by atoms with Gasteiger partial charge < -0.3 is 10.4 Å². The topological polar surface area (TPSA) is 32.3 Å². The number of unbranched alkanes of at least 4 members (excludes halogenated alkanes) is 7. The van der Waals surface area contributed by atoms with Crippen molar-refractivity contribution in [2.75, 3.05) is 13.2 Å².